The van der Waals surface area contributed by atoms with Crippen molar-refractivity contribution in [3.05, 3.63) is 90.1 Å². The maximum absolute atomic E-state index is 13.3. The van der Waals surface area contributed by atoms with Crippen molar-refractivity contribution >= 4 is 45.5 Å². The van der Waals surface area contributed by atoms with Crippen molar-refractivity contribution in [2.45, 2.75) is 4.90 Å². The van der Waals surface area contributed by atoms with Crippen LogP contribution in [-0.2, 0) is 4.79 Å². The Kier molecular flexibility index (Phi) is 6.41. The highest BCUT2D eigenvalue weighted by Crippen LogP contribution is 2.28. The molecule has 1 aromatic heterocycles. The van der Waals surface area contributed by atoms with Crippen LogP contribution in [0.4, 0.5) is 20.9 Å². The molecule has 1 amide bonds. The molecule has 4 rings (SSSR count). The van der Waals surface area contributed by atoms with Gasteiger partial charge in [-0.15, -0.1) is 23.1 Å². The van der Waals surface area contributed by atoms with Gasteiger partial charge in [0.1, 0.15) is 5.82 Å². The maximum Gasteiger partial charge on any atom is 0.234 e. The summed E-state index contributed by atoms with van der Waals surface area (Å²) >= 11 is 2.95. The van der Waals surface area contributed by atoms with Crippen molar-refractivity contribution in [3.8, 4) is 11.3 Å². The van der Waals surface area contributed by atoms with E-state index in [1.165, 1.54) is 35.2 Å². The lowest BCUT2D eigenvalue weighted by Crippen LogP contribution is -2.13. The minimum Gasteiger partial charge on any atom is -0.331 e. The van der Waals surface area contributed by atoms with E-state index < -0.39 is 0 Å². The maximum atomic E-state index is 13.3. The molecule has 150 valence electrons. The molecule has 0 aliphatic heterocycles. The van der Waals surface area contributed by atoms with Gasteiger partial charge in [-0.1, -0.05) is 36.4 Å². The second-order valence-corrected chi connectivity index (χ2v) is 8.31. The van der Waals surface area contributed by atoms with E-state index in [2.05, 4.69) is 15.6 Å². The van der Waals surface area contributed by atoms with Crippen molar-refractivity contribution < 1.29 is 9.18 Å². The van der Waals surface area contributed by atoms with E-state index in [-0.39, 0.29) is 11.7 Å². The van der Waals surface area contributed by atoms with E-state index in [1.807, 2.05) is 60.0 Å². The highest BCUT2D eigenvalue weighted by atomic mass is 32.2. The number of hydrogen-bond acceptors (Lipinski definition) is 5. The van der Waals surface area contributed by atoms with Crippen molar-refractivity contribution in [1.82, 2.24) is 4.98 Å². The molecule has 0 saturated heterocycles. The molecular weight excluding hydrogens is 417 g/mol. The molecule has 1 heterocycles. The fraction of sp³-hybridized carbons (Fsp3) is 0.0435. The Bertz CT molecular complexity index is 1130. The standard InChI is InChI=1S/C23H18FN3OS2/c24-17-5-4-6-19(13-17)26-23-27-21(14-30-23)16-9-11-18(12-10-16)25-22(28)15-29-20-7-2-1-3-8-20/h1-14H,15H2,(H,25,28)(H,26,27). The van der Waals surface area contributed by atoms with Gasteiger partial charge in [-0.25, -0.2) is 9.37 Å². The lowest BCUT2D eigenvalue weighted by atomic mass is 10.1. The van der Waals surface area contributed by atoms with Gasteiger partial charge < -0.3 is 10.6 Å². The number of benzene rings is 3. The van der Waals surface area contributed by atoms with Crippen molar-refractivity contribution in [2.75, 3.05) is 16.4 Å². The van der Waals surface area contributed by atoms with Gasteiger partial charge >= 0.3 is 0 Å². The fourth-order valence-electron chi connectivity index (χ4n) is 2.74. The van der Waals surface area contributed by atoms with Crippen LogP contribution in [0.1, 0.15) is 0 Å². The molecule has 0 unspecified atom stereocenters. The molecule has 0 aliphatic rings. The molecule has 4 aromatic rings. The fourth-order valence-corrected chi connectivity index (χ4v) is 4.20. The first-order chi connectivity index (χ1) is 14.7. The second kappa shape index (κ2) is 9.56. The molecule has 3 aromatic carbocycles. The lowest BCUT2D eigenvalue weighted by Gasteiger charge is -2.06. The van der Waals surface area contributed by atoms with Gasteiger partial charge in [-0.2, -0.15) is 0 Å². The third-order valence-electron chi connectivity index (χ3n) is 4.16. The molecular formula is C23H18FN3OS2. The van der Waals surface area contributed by atoms with E-state index in [9.17, 15) is 9.18 Å². The summed E-state index contributed by atoms with van der Waals surface area (Å²) in [5.74, 6) is 0.0101. The predicted molar refractivity (Wildman–Crippen MR) is 123 cm³/mol. The number of amides is 1. The van der Waals surface area contributed by atoms with Gasteiger partial charge in [-0.05, 0) is 42.5 Å². The molecule has 0 aliphatic carbocycles. The normalized spacial score (nSPS) is 10.6. The van der Waals surface area contributed by atoms with Crippen LogP contribution in [0, 0.1) is 5.82 Å². The topological polar surface area (TPSA) is 54.0 Å². The van der Waals surface area contributed by atoms with Gasteiger partial charge in [0.25, 0.3) is 0 Å². The number of thioether (sulfide) groups is 1. The number of nitrogens with zero attached hydrogens (tertiary/aromatic N) is 1. The van der Waals surface area contributed by atoms with Gasteiger partial charge in [0.15, 0.2) is 5.13 Å². The molecule has 7 heteroatoms. The smallest absolute Gasteiger partial charge is 0.234 e. The monoisotopic (exact) mass is 435 g/mol. The summed E-state index contributed by atoms with van der Waals surface area (Å²) < 4.78 is 13.3. The van der Waals surface area contributed by atoms with E-state index in [0.717, 1.165) is 21.8 Å². The first kappa shape index (κ1) is 20.1. The van der Waals surface area contributed by atoms with Gasteiger partial charge in [-0.3, -0.25) is 4.79 Å². The number of carbonyl (C=O) groups excluding carboxylic acids is 1. The Morgan fingerprint density at radius 1 is 0.967 bits per heavy atom. The average Bonchev–Trinajstić information content (AvgIpc) is 3.22. The van der Waals surface area contributed by atoms with Crippen LogP contribution in [0.5, 0.6) is 0 Å². The summed E-state index contributed by atoms with van der Waals surface area (Å²) in [5.41, 5.74) is 3.15. The van der Waals surface area contributed by atoms with Crippen LogP contribution >= 0.6 is 23.1 Å². The number of halogens is 1. The van der Waals surface area contributed by atoms with Crippen LogP contribution in [-0.4, -0.2) is 16.6 Å². The first-order valence-electron chi connectivity index (χ1n) is 9.22. The van der Waals surface area contributed by atoms with Crippen LogP contribution in [0.15, 0.2) is 89.1 Å². The minimum absolute atomic E-state index is 0.0492. The SMILES string of the molecule is O=C(CSc1ccccc1)Nc1ccc(-c2csc(Nc3cccc(F)c3)n2)cc1. The summed E-state index contributed by atoms with van der Waals surface area (Å²) in [6.45, 7) is 0. The third-order valence-corrected chi connectivity index (χ3v) is 5.93. The molecule has 30 heavy (non-hydrogen) atoms. The van der Waals surface area contributed by atoms with Crippen LogP contribution < -0.4 is 10.6 Å². The number of anilines is 3. The molecule has 2 N–H and O–H groups in total. The summed E-state index contributed by atoms with van der Waals surface area (Å²) in [5, 5.41) is 8.64. The molecule has 0 fully saturated rings. The van der Waals surface area contributed by atoms with Crippen molar-refractivity contribution in [3.63, 3.8) is 0 Å². The first-order valence-corrected chi connectivity index (χ1v) is 11.1. The van der Waals surface area contributed by atoms with Crippen LogP contribution in [0.25, 0.3) is 11.3 Å². The number of rotatable bonds is 7. The highest BCUT2D eigenvalue weighted by Gasteiger charge is 2.07. The Morgan fingerprint density at radius 2 is 1.77 bits per heavy atom. The summed E-state index contributed by atoms with van der Waals surface area (Å²) in [7, 11) is 0. The summed E-state index contributed by atoms with van der Waals surface area (Å²) in [6.07, 6.45) is 0. The van der Waals surface area contributed by atoms with Crippen molar-refractivity contribution in [2.24, 2.45) is 0 Å². The largest absolute Gasteiger partial charge is 0.331 e. The summed E-state index contributed by atoms with van der Waals surface area (Å²) in [6, 6.07) is 23.7. The molecule has 0 spiro atoms. The van der Waals surface area contributed by atoms with E-state index in [0.29, 0.717) is 16.6 Å². The minimum atomic E-state index is -0.295. The zero-order chi connectivity index (χ0) is 20.8. The number of hydrogen-bond donors (Lipinski definition) is 2. The zero-order valence-electron chi connectivity index (χ0n) is 15.8. The third kappa shape index (κ3) is 5.46. The average molecular weight is 436 g/mol. The van der Waals surface area contributed by atoms with E-state index >= 15 is 0 Å². The molecule has 0 atom stereocenters. The Labute approximate surface area is 182 Å². The van der Waals surface area contributed by atoms with Gasteiger partial charge in [0.05, 0.1) is 11.4 Å². The molecule has 4 nitrogen and oxygen atoms in total. The van der Waals surface area contributed by atoms with E-state index in [4.69, 9.17) is 0 Å². The van der Waals surface area contributed by atoms with Crippen molar-refractivity contribution in [1.29, 1.82) is 0 Å². The molecule has 0 bridgehead atoms. The zero-order valence-corrected chi connectivity index (χ0v) is 17.5. The van der Waals surface area contributed by atoms with E-state index in [1.54, 1.807) is 12.1 Å². The Morgan fingerprint density at radius 3 is 2.53 bits per heavy atom. The number of nitrogens with one attached hydrogen (secondary N) is 2. The Balaban J connectivity index is 1.34. The second-order valence-electron chi connectivity index (χ2n) is 6.40. The summed E-state index contributed by atoms with van der Waals surface area (Å²) in [4.78, 5) is 17.8. The number of thiazole rings is 1. The number of carbonyl (C=O) groups is 1. The molecule has 0 saturated carbocycles. The van der Waals surface area contributed by atoms with Gasteiger partial charge in [0.2, 0.25) is 5.91 Å². The highest BCUT2D eigenvalue weighted by molar-refractivity contribution is 8.00. The van der Waals surface area contributed by atoms with Crippen LogP contribution in [0.3, 0.4) is 0 Å². The van der Waals surface area contributed by atoms with Crippen LogP contribution in [0.2, 0.25) is 0 Å². The lowest BCUT2D eigenvalue weighted by molar-refractivity contribution is -0.113. The Hall–Kier alpha value is -3.16. The van der Waals surface area contributed by atoms with Gasteiger partial charge in [0, 0.05) is 27.2 Å². The quantitative estimate of drug-likeness (QED) is 0.329. The molecule has 0 radical (unpaired) electrons. The predicted octanol–water partition coefficient (Wildman–Crippen LogP) is 6.42. The number of aromatic nitrogens is 1.